The van der Waals surface area contributed by atoms with E-state index in [1.54, 1.807) is 18.2 Å². The Balaban J connectivity index is 1.60. The highest BCUT2D eigenvalue weighted by Crippen LogP contribution is 2.31. The van der Waals surface area contributed by atoms with Gasteiger partial charge in [-0.25, -0.2) is 0 Å². The Labute approximate surface area is 165 Å². The number of furan rings is 1. The minimum Gasteiger partial charge on any atom is -0.486 e. The molecule has 0 saturated carbocycles. The van der Waals surface area contributed by atoms with Crippen molar-refractivity contribution >= 4 is 39.1 Å². The van der Waals surface area contributed by atoms with Gasteiger partial charge in [-0.2, -0.15) is 13.2 Å². The molecule has 27 heavy (non-hydrogen) atoms. The maximum atomic E-state index is 12.7. The fourth-order valence-corrected chi connectivity index (χ4v) is 3.51. The van der Waals surface area contributed by atoms with Gasteiger partial charge in [0.15, 0.2) is 5.78 Å². The average molecular weight is 457 g/mol. The lowest BCUT2D eigenvalue weighted by molar-refractivity contribution is -0.137. The van der Waals surface area contributed by atoms with Gasteiger partial charge in [0.2, 0.25) is 0 Å². The number of carbonyl (C=O) groups excluding carboxylic acids is 1. The van der Waals surface area contributed by atoms with Crippen LogP contribution in [0.5, 0.6) is 5.75 Å². The van der Waals surface area contributed by atoms with Crippen molar-refractivity contribution in [1.82, 2.24) is 0 Å². The lowest BCUT2D eigenvalue weighted by Gasteiger charge is -2.09. The lowest BCUT2D eigenvalue weighted by Crippen LogP contribution is -2.05. The molecule has 3 rings (SSSR count). The van der Waals surface area contributed by atoms with Gasteiger partial charge in [-0.15, -0.1) is 11.3 Å². The number of benzene rings is 1. The first-order chi connectivity index (χ1) is 12.8. The minimum atomic E-state index is -4.42. The van der Waals surface area contributed by atoms with Crippen molar-refractivity contribution < 1.29 is 27.1 Å². The second-order valence-electron chi connectivity index (χ2n) is 5.45. The summed E-state index contributed by atoms with van der Waals surface area (Å²) in [6.07, 6.45) is -1.50. The van der Waals surface area contributed by atoms with Crippen molar-refractivity contribution in [3.63, 3.8) is 0 Å². The molecule has 2 aromatic heterocycles. The van der Waals surface area contributed by atoms with Crippen LogP contribution in [-0.2, 0) is 12.8 Å². The summed E-state index contributed by atoms with van der Waals surface area (Å²) in [4.78, 5) is 12.6. The Morgan fingerprint density at radius 2 is 2.04 bits per heavy atom. The molecule has 0 radical (unpaired) electrons. The van der Waals surface area contributed by atoms with E-state index in [0.717, 1.165) is 16.6 Å². The van der Waals surface area contributed by atoms with Crippen LogP contribution < -0.4 is 4.74 Å². The number of hydrogen-bond donors (Lipinski definition) is 0. The largest absolute Gasteiger partial charge is 0.486 e. The second-order valence-corrected chi connectivity index (χ2v) is 7.27. The molecule has 0 aliphatic rings. The van der Waals surface area contributed by atoms with Gasteiger partial charge in [-0.3, -0.25) is 4.79 Å². The van der Waals surface area contributed by atoms with E-state index in [2.05, 4.69) is 15.9 Å². The third-order valence-electron chi connectivity index (χ3n) is 3.43. The number of allylic oxidation sites excluding steroid dienone is 1. The van der Waals surface area contributed by atoms with E-state index in [9.17, 15) is 18.0 Å². The number of rotatable bonds is 6. The number of hydrogen-bond acceptors (Lipinski definition) is 4. The summed E-state index contributed by atoms with van der Waals surface area (Å²) in [6.45, 7) is -0.0268. The molecule has 0 saturated heterocycles. The van der Waals surface area contributed by atoms with Crippen molar-refractivity contribution in [2.75, 3.05) is 0 Å². The number of thiophene rings is 1. The lowest BCUT2D eigenvalue weighted by atomic mass is 10.2. The molecule has 0 aliphatic carbocycles. The average Bonchev–Trinajstić information content (AvgIpc) is 3.26. The molecular formula is C19H12BrF3O3S. The molecule has 0 fully saturated rings. The normalized spacial score (nSPS) is 11.9. The van der Waals surface area contributed by atoms with E-state index in [1.807, 2.05) is 5.38 Å². The van der Waals surface area contributed by atoms with Gasteiger partial charge in [0.05, 0.1) is 10.4 Å². The van der Waals surface area contributed by atoms with Gasteiger partial charge in [0.1, 0.15) is 23.9 Å². The Morgan fingerprint density at radius 1 is 1.22 bits per heavy atom. The molecule has 3 aromatic rings. The molecule has 0 bridgehead atoms. The van der Waals surface area contributed by atoms with Crippen molar-refractivity contribution in [2.24, 2.45) is 0 Å². The van der Waals surface area contributed by atoms with Crippen LogP contribution in [0.15, 0.2) is 62.8 Å². The first-order valence-corrected chi connectivity index (χ1v) is 9.34. The SMILES string of the molecule is O=C(/C=C/c1ccc(COc2cccc(C(F)(F)F)c2)o1)c1cc(Br)cs1. The third kappa shape index (κ3) is 5.33. The second kappa shape index (κ2) is 8.14. The molecule has 1 aromatic carbocycles. The summed E-state index contributed by atoms with van der Waals surface area (Å²) < 4.78 is 49.8. The molecule has 3 nitrogen and oxygen atoms in total. The van der Waals surface area contributed by atoms with E-state index in [4.69, 9.17) is 9.15 Å². The molecule has 140 valence electrons. The summed E-state index contributed by atoms with van der Waals surface area (Å²) in [6, 6.07) is 9.65. The van der Waals surface area contributed by atoms with Gasteiger partial charge in [-0.05, 0) is 64.5 Å². The maximum Gasteiger partial charge on any atom is 0.416 e. The highest BCUT2D eigenvalue weighted by atomic mass is 79.9. The van der Waals surface area contributed by atoms with E-state index in [1.165, 1.54) is 35.6 Å². The molecular weight excluding hydrogens is 445 g/mol. The van der Waals surface area contributed by atoms with Gasteiger partial charge in [0, 0.05) is 9.85 Å². The van der Waals surface area contributed by atoms with Crippen LogP contribution in [0.4, 0.5) is 13.2 Å². The van der Waals surface area contributed by atoms with E-state index >= 15 is 0 Å². The molecule has 0 spiro atoms. The monoisotopic (exact) mass is 456 g/mol. The van der Waals surface area contributed by atoms with E-state index in [-0.39, 0.29) is 18.1 Å². The highest BCUT2D eigenvalue weighted by Gasteiger charge is 2.30. The van der Waals surface area contributed by atoms with Crippen LogP contribution in [0.3, 0.4) is 0 Å². The van der Waals surface area contributed by atoms with Crippen LogP contribution in [0.25, 0.3) is 6.08 Å². The topological polar surface area (TPSA) is 39.4 Å². The van der Waals surface area contributed by atoms with E-state index in [0.29, 0.717) is 16.4 Å². The molecule has 0 aliphatic heterocycles. The van der Waals surface area contributed by atoms with Crippen molar-refractivity contribution in [2.45, 2.75) is 12.8 Å². The zero-order chi connectivity index (χ0) is 19.4. The van der Waals surface area contributed by atoms with Gasteiger partial charge < -0.3 is 9.15 Å². The Bertz CT molecular complexity index is 972. The number of ketones is 1. The molecule has 0 N–H and O–H groups in total. The van der Waals surface area contributed by atoms with Crippen LogP contribution in [0, 0.1) is 0 Å². The van der Waals surface area contributed by atoms with Gasteiger partial charge >= 0.3 is 6.18 Å². The Kier molecular flexibility index (Phi) is 5.86. The third-order valence-corrected chi connectivity index (χ3v) is 5.14. The standard InChI is InChI=1S/C19H12BrF3O3S/c20-13-9-18(27-11-13)17(24)7-6-14-4-5-16(26-14)10-25-15-3-1-2-12(8-15)19(21,22)23/h1-9,11H,10H2/b7-6+. The number of ether oxygens (including phenoxy) is 1. The minimum absolute atomic E-state index is 0.0268. The van der Waals surface area contributed by atoms with Gasteiger partial charge in [0.25, 0.3) is 0 Å². The Morgan fingerprint density at radius 3 is 2.74 bits per heavy atom. The Hall–Kier alpha value is -2.32. The number of alkyl halides is 3. The van der Waals surface area contributed by atoms with E-state index < -0.39 is 11.7 Å². The van der Waals surface area contributed by atoms with Crippen LogP contribution in [0.1, 0.15) is 26.8 Å². The molecule has 0 unspecified atom stereocenters. The first kappa shape index (κ1) is 19.4. The number of carbonyl (C=O) groups is 1. The van der Waals surface area contributed by atoms with Crippen molar-refractivity contribution in [3.05, 3.63) is 80.4 Å². The molecule has 8 heteroatoms. The molecule has 0 amide bonds. The van der Waals surface area contributed by atoms with Crippen molar-refractivity contribution in [3.8, 4) is 5.75 Å². The summed E-state index contributed by atoms with van der Waals surface area (Å²) in [5.41, 5.74) is -0.776. The fourth-order valence-electron chi connectivity index (χ4n) is 2.16. The number of halogens is 4. The maximum absolute atomic E-state index is 12.7. The van der Waals surface area contributed by atoms with Crippen molar-refractivity contribution in [1.29, 1.82) is 0 Å². The fraction of sp³-hybridized carbons (Fsp3) is 0.105. The molecule has 0 atom stereocenters. The summed E-state index contributed by atoms with van der Waals surface area (Å²) >= 11 is 4.62. The quantitative estimate of drug-likeness (QED) is 0.310. The van der Waals surface area contributed by atoms with Crippen LogP contribution >= 0.6 is 27.3 Å². The smallest absolute Gasteiger partial charge is 0.416 e. The van der Waals surface area contributed by atoms with Crippen LogP contribution in [-0.4, -0.2) is 5.78 Å². The summed E-state index contributed by atoms with van der Waals surface area (Å²) in [5.74, 6) is 0.820. The zero-order valence-electron chi connectivity index (χ0n) is 13.6. The predicted molar refractivity (Wildman–Crippen MR) is 99.9 cm³/mol. The first-order valence-electron chi connectivity index (χ1n) is 7.66. The summed E-state index contributed by atoms with van der Waals surface area (Å²) in [7, 11) is 0. The highest BCUT2D eigenvalue weighted by molar-refractivity contribution is 9.10. The predicted octanol–water partition coefficient (Wildman–Crippen LogP) is 6.60. The summed E-state index contributed by atoms with van der Waals surface area (Å²) in [5, 5.41) is 1.82. The zero-order valence-corrected chi connectivity index (χ0v) is 16.0. The van der Waals surface area contributed by atoms with Gasteiger partial charge in [-0.1, -0.05) is 6.07 Å². The molecule has 2 heterocycles. The van der Waals surface area contributed by atoms with Crippen LogP contribution in [0.2, 0.25) is 0 Å².